The van der Waals surface area contributed by atoms with E-state index < -0.39 is 5.91 Å². The molecule has 0 bridgehead atoms. The maximum Gasteiger partial charge on any atom is 0.274 e. The first-order valence-electron chi connectivity index (χ1n) is 5.25. The highest BCUT2D eigenvalue weighted by molar-refractivity contribution is 5.95. The van der Waals surface area contributed by atoms with Crippen molar-refractivity contribution in [2.45, 2.75) is 0 Å². The third kappa shape index (κ3) is 5.77. The number of hydrogen-bond donors (Lipinski definition) is 2. The molecule has 0 radical (unpaired) electrons. The Morgan fingerprint density at radius 3 is 2.63 bits per heavy atom. The number of ether oxygens (including phenoxy) is 3. The zero-order valence-corrected chi connectivity index (χ0v) is 10.9. The lowest BCUT2D eigenvalue weighted by Gasteiger charge is -2.12. The monoisotopic (exact) mass is 267 g/mol. The number of rotatable bonds is 8. The first kappa shape index (κ1) is 16.8. The second-order valence-electron chi connectivity index (χ2n) is 3.16. The molecule has 0 aliphatic heterocycles. The van der Waals surface area contributed by atoms with Crippen LogP contribution in [0.2, 0.25) is 0 Å². The number of hydroxylamine groups is 1. The van der Waals surface area contributed by atoms with Crippen LogP contribution in [0.1, 0.15) is 0 Å². The number of terminal acetylenes is 1. The maximum absolute atomic E-state index is 11.3. The molecule has 0 aliphatic rings. The van der Waals surface area contributed by atoms with Crippen molar-refractivity contribution in [3.63, 3.8) is 0 Å². The lowest BCUT2D eigenvalue weighted by molar-refractivity contribution is -0.124. The predicted molar refractivity (Wildman–Crippen MR) is 68.9 cm³/mol. The van der Waals surface area contributed by atoms with Crippen LogP contribution in [-0.4, -0.2) is 38.5 Å². The van der Waals surface area contributed by atoms with E-state index in [1.54, 1.807) is 0 Å². The minimum atomic E-state index is -0.724. The number of carbonyl (C=O) groups excluding carboxylic acids is 1. The van der Waals surface area contributed by atoms with Gasteiger partial charge >= 0.3 is 0 Å². The van der Waals surface area contributed by atoms with E-state index in [9.17, 15) is 4.79 Å². The summed E-state index contributed by atoms with van der Waals surface area (Å²) in [4.78, 5) is 11.3. The molecule has 0 aliphatic carbocycles. The first-order valence-corrected chi connectivity index (χ1v) is 5.25. The van der Waals surface area contributed by atoms with E-state index in [1.165, 1.54) is 31.9 Å². The fourth-order valence-electron chi connectivity index (χ4n) is 1.12. The Bertz CT molecular complexity index is 417. The van der Waals surface area contributed by atoms with Gasteiger partial charge in [0.25, 0.3) is 5.91 Å². The molecule has 1 amide bonds. The summed E-state index contributed by atoms with van der Waals surface area (Å²) in [6, 6.07) is 0. The minimum absolute atomic E-state index is 0.0367. The van der Waals surface area contributed by atoms with Gasteiger partial charge in [0.05, 0.1) is 7.11 Å². The SMILES string of the molecule is C#CCO/C(COC)=C(/C=C(\C=C)C(=O)NO)OC. The average Bonchev–Trinajstić information content (AvgIpc) is 2.44. The zero-order valence-electron chi connectivity index (χ0n) is 10.9. The van der Waals surface area contributed by atoms with Crippen LogP contribution in [0.25, 0.3) is 0 Å². The highest BCUT2D eigenvalue weighted by Crippen LogP contribution is 2.13. The van der Waals surface area contributed by atoms with E-state index in [-0.39, 0.29) is 24.5 Å². The molecule has 6 nitrogen and oxygen atoms in total. The molecule has 6 heteroatoms. The molecule has 0 rings (SSSR count). The van der Waals surface area contributed by atoms with Gasteiger partial charge in [-0.3, -0.25) is 10.0 Å². The minimum Gasteiger partial charge on any atom is -0.493 e. The predicted octanol–water partition coefficient (Wildman–Crippen LogP) is 0.758. The van der Waals surface area contributed by atoms with Crippen molar-refractivity contribution in [1.82, 2.24) is 5.48 Å². The van der Waals surface area contributed by atoms with Gasteiger partial charge in [-0.2, -0.15) is 0 Å². The fourth-order valence-corrected chi connectivity index (χ4v) is 1.12. The number of allylic oxidation sites excluding steroid dienone is 1. The highest BCUT2D eigenvalue weighted by Gasteiger charge is 2.11. The largest absolute Gasteiger partial charge is 0.493 e. The summed E-state index contributed by atoms with van der Waals surface area (Å²) in [6.07, 6.45) is 7.71. The summed E-state index contributed by atoms with van der Waals surface area (Å²) >= 11 is 0. The van der Waals surface area contributed by atoms with Crippen molar-refractivity contribution in [1.29, 1.82) is 0 Å². The van der Waals surface area contributed by atoms with Crippen molar-refractivity contribution in [3.05, 3.63) is 35.8 Å². The quantitative estimate of drug-likeness (QED) is 0.169. The summed E-state index contributed by atoms with van der Waals surface area (Å²) in [5, 5.41) is 8.58. The van der Waals surface area contributed by atoms with Crippen LogP contribution in [0.15, 0.2) is 35.8 Å². The van der Waals surface area contributed by atoms with Crippen LogP contribution in [-0.2, 0) is 19.0 Å². The Balaban J connectivity index is 5.41. The molecule has 0 aromatic carbocycles. The molecule has 0 heterocycles. The number of carbonyl (C=O) groups is 1. The maximum atomic E-state index is 11.3. The first-order chi connectivity index (χ1) is 9.14. The van der Waals surface area contributed by atoms with Crippen LogP contribution in [0.5, 0.6) is 0 Å². The van der Waals surface area contributed by atoms with Crippen molar-refractivity contribution < 1.29 is 24.2 Å². The Labute approximate surface area is 112 Å². The third-order valence-electron chi connectivity index (χ3n) is 1.97. The van der Waals surface area contributed by atoms with Crippen molar-refractivity contribution in [3.8, 4) is 12.3 Å². The summed E-state index contributed by atoms with van der Waals surface area (Å²) < 4.78 is 15.3. The molecule has 19 heavy (non-hydrogen) atoms. The van der Waals surface area contributed by atoms with Crippen LogP contribution < -0.4 is 5.48 Å². The zero-order chi connectivity index (χ0) is 14.7. The third-order valence-corrected chi connectivity index (χ3v) is 1.97. The molecular weight excluding hydrogens is 250 g/mol. The number of nitrogens with one attached hydrogen (secondary N) is 1. The number of hydrogen-bond acceptors (Lipinski definition) is 5. The van der Waals surface area contributed by atoms with Gasteiger partial charge in [-0.15, -0.1) is 6.42 Å². The smallest absolute Gasteiger partial charge is 0.274 e. The molecule has 2 N–H and O–H groups in total. The summed E-state index contributed by atoms with van der Waals surface area (Å²) in [5.74, 6) is 2.16. The molecule has 0 saturated carbocycles. The van der Waals surface area contributed by atoms with Gasteiger partial charge in [0.2, 0.25) is 0 Å². The molecule has 0 spiro atoms. The van der Waals surface area contributed by atoms with Gasteiger partial charge in [0, 0.05) is 12.7 Å². The van der Waals surface area contributed by atoms with E-state index >= 15 is 0 Å². The molecular formula is C13H17NO5. The van der Waals surface area contributed by atoms with Gasteiger partial charge in [-0.1, -0.05) is 18.6 Å². The lowest BCUT2D eigenvalue weighted by atomic mass is 10.2. The summed E-state index contributed by atoms with van der Waals surface area (Å²) in [5.41, 5.74) is 1.59. The molecule has 0 unspecified atom stereocenters. The van der Waals surface area contributed by atoms with Crippen LogP contribution in [0.4, 0.5) is 0 Å². The van der Waals surface area contributed by atoms with Crippen molar-refractivity contribution in [2.75, 3.05) is 27.4 Å². The standard InChI is InChI=1S/C13H17NO5/c1-5-7-19-12(9-17-3)11(18-4)8-10(6-2)13(15)14-16/h1,6,8,16H,2,7,9H2,3-4H3,(H,14,15)/b10-8+,12-11-. The van der Waals surface area contributed by atoms with E-state index in [1.807, 2.05) is 0 Å². The molecule has 0 aromatic rings. The van der Waals surface area contributed by atoms with Gasteiger partial charge in [-0.25, -0.2) is 5.48 Å². The second kappa shape index (κ2) is 9.76. The van der Waals surface area contributed by atoms with E-state index in [0.717, 1.165) is 0 Å². The van der Waals surface area contributed by atoms with Gasteiger partial charge in [-0.05, 0) is 6.08 Å². The van der Waals surface area contributed by atoms with Crippen molar-refractivity contribution in [2.24, 2.45) is 0 Å². The van der Waals surface area contributed by atoms with Gasteiger partial charge in [0.1, 0.15) is 13.2 Å². The molecule has 0 atom stereocenters. The lowest BCUT2D eigenvalue weighted by Crippen LogP contribution is -2.20. The van der Waals surface area contributed by atoms with Gasteiger partial charge in [0.15, 0.2) is 11.5 Å². The normalized spacial score (nSPS) is 12.0. The average molecular weight is 267 g/mol. The number of amides is 1. The Morgan fingerprint density at radius 2 is 2.21 bits per heavy atom. The molecule has 0 saturated heterocycles. The second-order valence-corrected chi connectivity index (χ2v) is 3.16. The summed E-state index contributed by atoms with van der Waals surface area (Å²) in [6.45, 7) is 3.62. The summed E-state index contributed by atoms with van der Waals surface area (Å²) in [7, 11) is 2.88. The highest BCUT2D eigenvalue weighted by atomic mass is 16.5. The topological polar surface area (TPSA) is 77.0 Å². The van der Waals surface area contributed by atoms with E-state index in [0.29, 0.717) is 5.76 Å². The number of methoxy groups -OCH3 is 2. The van der Waals surface area contributed by atoms with Crippen LogP contribution in [0, 0.1) is 12.3 Å². The molecule has 0 fully saturated rings. The Morgan fingerprint density at radius 1 is 1.53 bits per heavy atom. The fraction of sp³-hybridized carbons (Fsp3) is 0.308. The molecule has 0 aromatic heterocycles. The van der Waals surface area contributed by atoms with Crippen LogP contribution >= 0.6 is 0 Å². The molecule has 104 valence electrons. The Kier molecular flexibility index (Phi) is 8.62. The van der Waals surface area contributed by atoms with E-state index in [2.05, 4.69) is 12.5 Å². The van der Waals surface area contributed by atoms with E-state index in [4.69, 9.17) is 25.8 Å². The van der Waals surface area contributed by atoms with Gasteiger partial charge < -0.3 is 14.2 Å². The van der Waals surface area contributed by atoms with Crippen LogP contribution in [0.3, 0.4) is 0 Å². The van der Waals surface area contributed by atoms with Crippen molar-refractivity contribution >= 4 is 5.91 Å². The Hall–Kier alpha value is -2.23.